The smallest absolute Gasteiger partial charge is 0.319 e. The molecule has 2 fully saturated rings. The summed E-state index contributed by atoms with van der Waals surface area (Å²) in [5.41, 5.74) is 5.57. The summed E-state index contributed by atoms with van der Waals surface area (Å²) in [6.07, 6.45) is 3.48. The number of nitrogens with zero attached hydrogens (tertiary/aromatic N) is 5. The van der Waals surface area contributed by atoms with E-state index in [9.17, 15) is 9.50 Å². The third-order valence-electron chi connectivity index (χ3n) is 7.67. The van der Waals surface area contributed by atoms with Crippen LogP contribution in [-0.2, 0) is 0 Å². The Morgan fingerprint density at radius 3 is 2.77 bits per heavy atom. The van der Waals surface area contributed by atoms with E-state index < -0.39 is 17.2 Å². The third kappa shape index (κ3) is 4.86. The van der Waals surface area contributed by atoms with Gasteiger partial charge in [-0.25, -0.2) is 13.8 Å². The molecule has 2 aliphatic heterocycles. The van der Waals surface area contributed by atoms with Crippen LogP contribution in [0.25, 0.3) is 32.2 Å². The molecular weight excluding hydrogens is 546 g/mol. The predicted molar refractivity (Wildman–Crippen MR) is 151 cm³/mol. The van der Waals surface area contributed by atoms with Crippen molar-refractivity contribution >= 4 is 55.0 Å². The number of benzene rings is 2. The maximum absolute atomic E-state index is 16.5. The van der Waals surface area contributed by atoms with Crippen molar-refractivity contribution in [2.24, 2.45) is 0 Å². The molecule has 206 valence electrons. The van der Waals surface area contributed by atoms with E-state index in [2.05, 4.69) is 19.9 Å². The highest BCUT2D eigenvalue weighted by atomic mass is 35.5. The Morgan fingerprint density at radius 2 is 2.03 bits per heavy atom. The summed E-state index contributed by atoms with van der Waals surface area (Å²) in [6, 6.07) is 4.59. The van der Waals surface area contributed by atoms with Crippen molar-refractivity contribution < 1.29 is 18.6 Å². The Bertz CT molecular complexity index is 1580. The van der Waals surface area contributed by atoms with Gasteiger partial charge >= 0.3 is 6.01 Å². The van der Waals surface area contributed by atoms with Crippen molar-refractivity contribution in [2.45, 2.75) is 44.2 Å². The second kappa shape index (κ2) is 9.96. The number of aromatic nitrogens is 3. The first-order valence-electron chi connectivity index (χ1n) is 13.0. The van der Waals surface area contributed by atoms with Crippen molar-refractivity contribution in [2.75, 3.05) is 43.9 Å². The van der Waals surface area contributed by atoms with Gasteiger partial charge in [-0.05, 0) is 64.4 Å². The number of likely N-dealkylation sites (N-methyl/N-ethyl adjacent to an activating group) is 1. The number of piperidine rings is 1. The number of nitrogens with two attached hydrogens (primary N) is 1. The van der Waals surface area contributed by atoms with Gasteiger partial charge in [0.2, 0.25) is 0 Å². The molecule has 2 aromatic heterocycles. The van der Waals surface area contributed by atoms with Crippen LogP contribution < -0.4 is 15.4 Å². The van der Waals surface area contributed by atoms with Gasteiger partial charge in [0, 0.05) is 35.6 Å². The quantitative estimate of drug-likeness (QED) is 0.334. The van der Waals surface area contributed by atoms with Gasteiger partial charge in [-0.3, -0.25) is 0 Å². The lowest BCUT2D eigenvalue weighted by Gasteiger charge is -2.38. The van der Waals surface area contributed by atoms with Crippen LogP contribution in [0.2, 0.25) is 5.02 Å². The number of fused-ring (bicyclic) bond motifs is 2. The van der Waals surface area contributed by atoms with Crippen LogP contribution in [0, 0.1) is 11.6 Å². The molecular formula is C27H29ClF2N6O2S. The normalized spacial score (nSPS) is 22.3. The molecule has 4 heterocycles. The molecule has 4 aromatic rings. The second-order valence-electron chi connectivity index (χ2n) is 10.7. The molecule has 39 heavy (non-hydrogen) atoms. The Labute approximate surface area is 233 Å². The van der Waals surface area contributed by atoms with Gasteiger partial charge in [0.1, 0.15) is 23.8 Å². The van der Waals surface area contributed by atoms with E-state index in [4.69, 9.17) is 22.1 Å². The maximum Gasteiger partial charge on any atom is 0.319 e. The van der Waals surface area contributed by atoms with E-state index in [-0.39, 0.29) is 43.5 Å². The van der Waals surface area contributed by atoms with E-state index >= 15 is 4.39 Å². The molecule has 0 radical (unpaired) electrons. The zero-order chi connectivity index (χ0) is 27.5. The Morgan fingerprint density at radius 1 is 1.21 bits per heavy atom. The molecule has 2 saturated heterocycles. The number of nitrogen functional groups attached to an aromatic ring is 1. The van der Waals surface area contributed by atoms with Gasteiger partial charge in [-0.15, -0.1) is 0 Å². The summed E-state index contributed by atoms with van der Waals surface area (Å²) in [7, 11) is 2.05. The van der Waals surface area contributed by atoms with Crippen molar-refractivity contribution in [3.8, 4) is 17.1 Å². The standard InChI is InChI=1S/C27H29ClF2N6O2S/c1-27(37)8-4-10-36(13-27)24-16-11-17(28)19(15-6-7-18(29)23-22(15)32-25(31)39-23)20(30)21(16)33-26(34-24)38-12-14-5-3-9-35(14)2/h6-7,11,14,37H,3-5,8-10,12-13H2,1-2H3,(H2,31,32)/t14-,27?/m0/s1. The lowest BCUT2D eigenvalue weighted by molar-refractivity contribution is 0.0447. The van der Waals surface area contributed by atoms with Crippen molar-refractivity contribution in [3.63, 3.8) is 0 Å². The van der Waals surface area contributed by atoms with Crippen LogP contribution in [0.15, 0.2) is 18.2 Å². The van der Waals surface area contributed by atoms with Gasteiger partial charge in [0.25, 0.3) is 0 Å². The minimum atomic E-state index is -0.921. The van der Waals surface area contributed by atoms with Gasteiger partial charge in [-0.2, -0.15) is 9.97 Å². The summed E-state index contributed by atoms with van der Waals surface area (Å²) < 4.78 is 37.2. The van der Waals surface area contributed by atoms with E-state index in [1.807, 2.05) is 11.9 Å². The van der Waals surface area contributed by atoms with E-state index in [1.165, 1.54) is 12.1 Å². The highest BCUT2D eigenvalue weighted by Gasteiger charge is 2.32. The zero-order valence-electron chi connectivity index (χ0n) is 21.7. The topological polar surface area (TPSA) is 101 Å². The van der Waals surface area contributed by atoms with Gasteiger partial charge in [-0.1, -0.05) is 22.9 Å². The van der Waals surface area contributed by atoms with Gasteiger partial charge < -0.3 is 25.4 Å². The van der Waals surface area contributed by atoms with Crippen LogP contribution in [0.4, 0.5) is 19.7 Å². The molecule has 0 saturated carbocycles. The fourth-order valence-corrected chi connectivity index (χ4v) is 6.73. The fourth-order valence-electron chi connectivity index (χ4n) is 5.67. The maximum atomic E-state index is 16.5. The van der Waals surface area contributed by atoms with Crippen LogP contribution >= 0.6 is 22.9 Å². The van der Waals surface area contributed by atoms with Crippen LogP contribution in [0.1, 0.15) is 32.6 Å². The minimum absolute atomic E-state index is 0.0278. The first-order valence-corrected chi connectivity index (χ1v) is 14.2. The highest BCUT2D eigenvalue weighted by Crippen LogP contribution is 2.43. The summed E-state index contributed by atoms with van der Waals surface area (Å²) in [6.45, 7) is 4.09. The van der Waals surface area contributed by atoms with E-state index in [0.717, 1.165) is 37.1 Å². The molecule has 0 amide bonds. The molecule has 0 bridgehead atoms. The second-order valence-corrected chi connectivity index (χ2v) is 12.1. The number of aliphatic hydroxyl groups is 1. The first kappa shape index (κ1) is 26.4. The molecule has 12 heteroatoms. The lowest BCUT2D eigenvalue weighted by atomic mass is 9.95. The number of hydrogen-bond donors (Lipinski definition) is 2. The SMILES string of the molecule is CN1CCC[C@H]1COc1nc(N2CCCC(C)(O)C2)c2cc(Cl)c(-c3ccc(F)c4sc(N)nc34)c(F)c2n1. The van der Waals surface area contributed by atoms with Gasteiger partial charge in [0.15, 0.2) is 10.9 Å². The number of thiazole rings is 1. The molecule has 6 rings (SSSR count). The zero-order valence-corrected chi connectivity index (χ0v) is 23.2. The third-order valence-corrected chi connectivity index (χ3v) is 8.87. The first-order chi connectivity index (χ1) is 18.6. The monoisotopic (exact) mass is 574 g/mol. The largest absolute Gasteiger partial charge is 0.462 e. The number of halogens is 3. The number of β-amino-alcohol motifs (C(OH)–C–C–N with tert-alkyl or cyclic N) is 1. The van der Waals surface area contributed by atoms with Crippen molar-refractivity contribution in [1.29, 1.82) is 0 Å². The Balaban J connectivity index is 1.52. The van der Waals surface area contributed by atoms with Crippen LogP contribution in [-0.4, -0.2) is 69.9 Å². The van der Waals surface area contributed by atoms with Crippen molar-refractivity contribution in [1.82, 2.24) is 19.9 Å². The van der Waals surface area contributed by atoms with E-state index in [0.29, 0.717) is 42.9 Å². The molecule has 8 nitrogen and oxygen atoms in total. The highest BCUT2D eigenvalue weighted by molar-refractivity contribution is 7.22. The number of hydrogen-bond acceptors (Lipinski definition) is 9. The molecule has 0 aliphatic carbocycles. The molecule has 1 unspecified atom stereocenters. The number of anilines is 2. The number of likely N-dealkylation sites (tertiary alicyclic amines) is 1. The lowest BCUT2D eigenvalue weighted by Crippen LogP contribution is -2.46. The van der Waals surface area contributed by atoms with E-state index in [1.54, 1.807) is 13.0 Å². The minimum Gasteiger partial charge on any atom is -0.462 e. The van der Waals surface area contributed by atoms with Gasteiger partial charge in [0.05, 0.1) is 20.8 Å². The summed E-state index contributed by atoms with van der Waals surface area (Å²) in [5.74, 6) is -0.730. The Hall–Kier alpha value is -2.86. The summed E-state index contributed by atoms with van der Waals surface area (Å²) in [4.78, 5) is 17.6. The fraction of sp³-hybridized carbons (Fsp3) is 0.444. The summed E-state index contributed by atoms with van der Waals surface area (Å²) in [5, 5.41) is 11.5. The molecule has 0 spiro atoms. The Kier molecular flexibility index (Phi) is 6.73. The number of rotatable bonds is 5. The average Bonchev–Trinajstić information content (AvgIpc) is 3.48. The molecule has 2 atom stereocenters. The number of ether oxygens (including phenoxy) is 1. The molecule has 2 aromatic carbocycles. The predicted octanol–water partition coefficient (Wildman–Crippen LogP) is 5.24. The molecule has 2 aliphatic rings. The molecule has 3 N–H and O–H groups in total. The van der Waals surface area contributed by atoms with Crippen LogP contribution in [0.3, 0.4) is 0 Å². The summed E-state index contributed by atoms with van der Waals surface area (Å²) >= 11 is 7.70. The average molecular weight is 575 g/mol. The van der Waals surface area contributed by atoms with Crippen molar-refractivity contribution in [3.05, 3.63) is 34.9 Å². The van der Waals surface area contributed by atoms with Crippen LogP contribution in [0.5, 0.6) is 6.01 Å².